The van der Waals surface area contributed by atoms with Crippen molar-refractivity contribution in [3.8, 4) is 11.1 Å². The molecular weight excluding hydrogens is 312 g/mol. The third-order valence-electron chi connectivity index (χ3n) is 3.90. The minimum Gasteiger partial charge on any atom is -0.392 e. The Bertz CT molecular complexity index is 595. The summed E-state index contributed by atoms with van der Waals surface area (Å²) in [4.78, 5) is 0. The van der Waals surface area contributed by atoms with Crippen LogP contribution < -0.4 is 0 Å². The van der Waals surface area contributed by atoms with Crippen LogP contribution in [0.25, 0.3) is 11.1 Å². The summed E-state index contributed by atoms with van der Waals surface area (Å²) in [5.41, 5.74) is 3.86. The van der Waals surface area contributed by atoms with Gasteiger partial charge in [-0.3, -0.25) is 0 Å². The van der Waals surface area contributed by atoms with Crippen LogP contribution in [-0.4, -0.2) is 20.8 Å². The van der Waals surface area contributed by atoms with Gasteiger partial charge in [0.25, 0.3) is 0 Å². The summed E-state index contributed by atoms with van der Waals surface area (Å²) in [5, 5.41) is 0. The number of aryl methyl sites for hydroxylation is 1. The molecule has 0 bridgehead atoms. The molecule has 2 rings (SSSR count). The fourth-order valence-corrected chi connectivity index (χ4v) is 6.04. The van der Waals surface area contributed by atoms with E-state index in [0.29, 0.717) is 0 Å². The molecule has 0 aliphatic carbocycles. The summed E-state index contributed by atoms with van der Waals surface area (Å²) in [7, 11) is -2.14. The molecule has 2 aromatic carbocycles. The van der Waals surface area contributed by atoms with Gasteiger partial charge in [0.05, 0.1) is 0 Å². The van der Waals surface area contributed by atoms with E-state index in [4.69, 9.17) is 8.85 Å². The van der Waals surface area contributed by atoms with Gasteiger partial charge in [0.1, 0.15) is 0 Å². The van der Waals surface area contributed by atoms with Crippen LogP contribution in [0.5, 0.6) is 0 Å². The van der Waals surface area contributed by atoms with Gasteiger partial charge in [-0.15, -0.1) is 0 Å². The van der Waals surface area contributed by atoms with Gasteiger partial charge < -0.3 is 8.85 Å². The molecule has 24 heavy (non-hydrogen) atoms. The molecule has 3 heteroatoms. The summed E-state index contributed by atoms with van der Waals surface area (Å²) >= 11 is 0. The van der Waals surface area contributed by atoms with Crippen molar-refractivity contribution in [2.75, 3.05) is 0 Å². The quantitative estimate of drug-likeness (QED) is 0.563. The highest BCUT2D eigenvalue weighted by molar-refractivity contribution is 6.66. The Morgan fingerprint density at radius 2 is 1.25 bits per heavy atom. The van der Waals surface area contributed by atoms with Crippen molar-refractivity contribution in [1.29, 1.82) is 0 Å². The van der Waals surface area contributed by atoms with Crippen molar-refractivity contribution in [3.63, 3.8) is 0 Å². The highest BCUT2D eigenvalue weighted by atomic mass is 28.4. The Balaban J connectivity index is 2.02. The second kappa shape index (κ2) is 8.61. The minimum absolute atomic E-state index is 0.209. The van der Waals surface area contributed by atoms with Crippen LogP contribution in [0.3, 0.4) is 0 Å². The molecule has 0 spiro atoms. The fraction of sp³-hybridized carbons (Fsp3) is 0.429. The number of benzene rings is 2. The van der Waals surface area contributed by atoms with E-state index < -0.39 is 8.56 Å². The van der Waals surface area contributed by atoms with E-state index in [2.05, 4.69) is 82.8 Å². The van der Waals surface area contributed by atoms with Crippen molar-refractivity contribution in [2.24, 2.45) is 0 Å². The molecule has 0 saturated carbocycles. The second-order valence-corrected chi connectivity index (χ2v) is 10.3. The summed E-state index contributed by atoms with van der Waals surface area (Å²) in [6.07, 6.45) is 1.42. The zero-order valence-electron chi connectivity index (χ0n) is 15.6. The van der Waals surface area contributed by atoms with E-state index in [9.17, 15) is 0 Å². The molecule has 0 fully saturated rings. The zero-order valence-corrected chi connectivity index (χ0v) is 16.6. The highest BCUT2D eigenvalue weighted by Gasteiger charge is 2.33. The number of hydrogen-bond acceptors (Lipinski definition) is 2. The van der Waals surface area contributed by atoms with Crippen molar-refractivity contribution in [2.45, 2.75) is 58.9 Å². The first-order valence-corrected chi connectivity index (χ1v) is 11.4. The third kappa shape index (κ3) is 5.89. The van der Waals surface area contributed by atoms with Crippen LogP contribution in [0.2, 0.25) is 12.6 Å². The Kier molecular flexibility index (Phi) is 6.78. The maximum absolute atomic E-state index is 6.18. The predicted molar refractivity (Wildman–Crippen MR) is 104 cm³/mol. The van der Waals surface area contributed by atoms with Crippen LogP contribution in [0.4, 0.5) is 0 Å². The van der Waals surface area contributed by atoms with Gasteiger partial charge in [0.15, 0.2) is 0 Å². The standard InChI is InChI=1S/C21H30O2Si/c1-17(2)22-24(5,23-18(3)4)16-15-19-11-13-21(14-12-19)20-9-7-6-8-10-20/h6-14,17-18H,15-16H2,1-5H3. The SMILES string of the molecule is CC(C)O[Si](C)(CCc1ccc(-c2ccccc2)cc1)OC(C)C. The normalized spacial score (nSPS) is 12.1. The van der Waals surface area contributed by atoms with E-state index in [-0.39, 0.29) is 12.2 Å². The Morgan fingerprint density at radius 3 is 1.75 bits per heavy atom. The molecule has 2 aromatic rings. The zero-order chi connectivity index (χ0) is 17.6. The third-order valence-corrected chi connectivity index (χ3v) is 7.00. The smallest absolute Gasteiger partial charge is 0.335 e. The number of hydrogen-bond donors (Lipinski definition) is 0. The molecule has 0 radical (unpaired) electrons. The molecule has 0 atom stereocenters. The molecule has 0 aliphatic rings. The van der Waals surface area contributed by atoms with Gasteiger partial charge in [0, 0.05) is 12.2 Å². The van der Waals surface area contributed by atoms with Gasteiger partial charge in [-0.25, -0.2) is 0 Å². The minimum atomic E-state index is -2.14. The van der Waals surface area contributed by atoms with Crippen LogP contribution in [0.15, 0.2) is 54.6 Å². The molecule has 0 N–H and O–H groups in total. The van der Waals surface area contributed by atoms with Crippen molar-refractivity contribution in [1.82, 2.24) is 0 Å². The average molecular weight is 343 g/mol. The number of rotatable bonds is 8. The molecule has 0 aromatic heterocycles. The van der Waals surface area contributed by atoms with Crippen LogP contribution in [0, 0.1) is 0 Å². The topological polar surface area (TPSA) is 18.5 Å². The Morgan fingerprint density at radius 1 is 0.750 bits per heavy atom. The summed E-state index contributed by atoms with van der Waals surface area (Å²) in [5.74, 6) is 0. The molecule has 0 aliphatic heterocycles. The van der Waals surface area contributed by atoms with Crippen molar-refractivity contribution in [3.05, 3.63) is 60.2 Å². The lowest BCUT2D eigenvalue weighted by Gasteiger charge is -2.31. The largest absolute Gasteiger partial charge is 0.392 e. The molecule has 130 valence electrons. The molecule has 0 amide bonds. The van der Waals surface area contributed by atoms with Gasteiger partial charge in [-0.1, -0.05) is 54.6 Å². The molecule has 0 saturated heterocycles. The first-order chi connectivity index (χ1) is 11.4. The van der Waals surface area contributed by atoms with Crippen molar-refractivity contribution < 1.29 is 8.85 Å². The highest BCUT2D eigenvalue weighted by Crippen LogP contribution is 2.23. The van der Waals surface area contributed by atoms with Crippen LogP contribution in [0.1, 0.15) is 33.3 Å². The lowest BCUT2D eigenvalue weighted by atomic mass is 10.0. The molecular formula is C21H30O2Si. The maximum atomic E-state index is 6.18. The van der Waals surface area contributed by atoms with Gasteiger partial charge in [-0.05, 0) is 63.4 Å². The van der Waals surface area contributed by atoms with E-state index in [1.807, 2.05) is 6.07 Å². The van der Waals surface area contributed by atoms with E-state index in [1.165, 1.54) is 16.7 Å². The first kappa shape index (κ1) is 18.9. The van der Waals surface area contributed by atoms with E-state index >= 15 is 0 Å². The second-order valence-electron chi connectivity index (χ2n) is 7.03. The van der Waals surface area contributed by atoms with Gasteiger partial charge in [-0.2, -0.15) is 0 Å². The predicted octanol–water partition coefficient (Wildman–Crippen LogP) is 5.82. The van der Waals surface area contributed by atoms with Crippen LogP contribution >= 0.6 is 0 Å². The monoisotopic (exact) mass is 342 g/mol. The molecule has 0 heterocycles. The fourth-order valence-electron chi connectivity index (χ4n) is 3.01. The summed E-state index contributed by atoms with van der Waals surface area (Å²) in [6, 6.07) is 20.3. The lowest BCUT2D eigenvalue weighted by Crippen LogP contribution is -2.43. The van der Waals surface area contributed by atoms with E-state index in [1.54, 1.807) is 0 Å². The summed E-state index contributed by atoms with van der Waals surface area (Å²) < 4.78 is 12.4. The van der Waals surface area contributed by atoms with Gasteiger partial charge >= 0.3 is 8.56 Å². The first-order valence-electron chi connectivity index (χ1n) is 8.88. The van der Waals surface area contributed by atoms with Crippen molar-refractivity contribution >= 4 is 8.56 Å². The average Bonchev–Trinajstić information content (AvgIpc) is 2.53. The Hall–Kier alpha value is -1.42. The lowest BCUT2D eigenvalue weighted by molar-refractivity contribution is 0.109. The molecule has 0 unspecified atom stereocenters. The summed E-state index contributed by atoms with van der Waals surface area (Å²) in [6.45, 7) is 10.5. The van der Waals surface area contributed by atoms with Crippen LogP contribution in [-0.2, 0) is 15.3 Å². The van der Waals surface area contributed by atoms with Gasteiger partial charge in [0.2, 0.25) is 0 Å². The maximum Gasteiger partial charge on any atom is 0.335 e. The Labute approximate surface area is 148 Å². The van der Waals surface area contributed by atoms with E-state index in [0.717, 1.165) is 12.5 Å². The molecule has 2 nitrogen and oxygen atoms in total.